The zero-order valence-electron chi connectivity index (χ0n) is 28.3. The molecule has 0 fully saturated rings. The van der Waals surface area contributed by atoms with Crippen molar-refractivity contribution >= 4 is 52.2 Å². The monoisotopic (exact) mass is 696 g/mol. The second-order valence-electron chi connectivity index (χ2n) is 13.3. The van der Waals surface area contributed by atoms with Crippen molar-refractivity contribution in [2.75, 3.05) is 0 Å². The Morgan fingerprint density at radius 3 is 0.769 bits per heavy atom. The maximum atomic E-state index is 2.39. The summed E-state index contributed by atoms with van der Waals surface area (Å²) in [7, 11) is 0. The van der Waals surface area contributed by atoms with E-state index in [0.717, 1.165) is 0 Å². The lowest BCUT2D eigenvalue weighted by Crippen LogP contribution is -1.86. The number of hydrogen-bond donors (Lipinski definition) is 0. The van der Waals surface area contributed by atoms with Crippen LogP contribution in [0.25, 0.3) is 96.3 Å². The van der Waals surface area contributed by atoms with Crippen molar-refractivity contribution in [2.45, 2.75) is 0 Å². The van der Waals surface area contributed by atoms with E-state index < -0.39 is 0 Å². The number of benzene rings is 8. The van der Waals surface area contributed by atoms with Gasteiger partial charge in [0.05, 0.1) is 9.40 Å². The molecule has 0 nitrogen and oxygen atoms in total. The number of fused-ring (bicyclic) bond motifs is 5. The van der Waals surface area contributed by atoms with Crippen molar-refractivity contribution in [1.29, 1.82) is 0 Å². The number of hydrogen-bond acceptors (Lipinski definition) is 2. The van der Waals surface area contributed by atoms with E-state index >= 15 is 0 Å². The Hall–Kier alpha value is -6.06. The van der Waals surface area contributed by atoms with Gasteiger partial charge < -0.3 is 0 Å². The fourth-order valence-electron chi connectivity index (χ4n) is 7.39. The molecular weight excluding hydrogens is 665 g/mol. The molecule has 0 unspecified atom stereocenters. The Balaban J connectivity index is 1.06. The van der Waals surface area contributed by atoms with Gasteiger partial charge in [-0.15, -0.1) is 22.7 Å². The average molecular weight is 697 g/mol. The molecule has 0 atom stereocenters. The lowest BCUT2D eigenvalue weighted by Gasteiger charge is -2.12. The summed E-state index contributed by atoms with van der Waals surface area (Å²) in [5.41, 5.74) is 14.8. The van der Waals surface area contributed by atoms with Gasteiger partial charge in [0.25, 0.3) is 0 Å². The lowest BCUT2D eigenvalue weighted by atomic mass is 9.93. The molecule has 0 radical (unpaired) electrons. The summed E-state index contributed by atoms with van der Waals surface area (Å²) in [4.78, 5) is 0. The molecule has 244 valence electrons. The highest BCUT2D eigenvalue weighted by Gasteiger charge is 2.16. The summed E-state index contributed by atoms with van der Waals surface area (Å²) in [5.74, 6) is 0. The van der Waals surface area contributed by atoms with Crippen LogP contribution in [0.4, 0.5) is 0 Å². The van der Waals surface area contributed by atoms with Crippen LogP contribution in [-0.2, 0) is 0 Å². The first-order valence-corrected chi connectivity index (χ1v) is 19.3. The third-order valence-electron chi connectivity index (χ3n) is 10.0. The van der Waals surface area contributed by atoms with Gasteiger partial charge in [-0.1, -0.05) is 146 Å². The quantitative estimate of drug-likeness (QED) is 0.162. The topological polar surface area (TPSA) is 0 Å². The highest BCUT2D eigenvalue weighted by molar-refractivity contribution is 7.36. The SMILES string of the molecule is c1ccc(-c2cc(-c3ccccc3)cc(-c3ccc4c(c3)sc3c5ccc(-c6cc(-c7ccccc7)cc(-c7ccccc7)c6)cc5sc43)c2)cc1. The minimum Gasteiger partial charge on any atom is -0.134 e. The fourth-order valence-corrected chi connectivity index (χ4v) is 10.1. The molecule has 10 aromatic rings. The largest absolute Gasteiger partial charge is 0.134 e. The van der Waals surface area contributed by atoms with E-state index in [1.54, 1.807) is 0 Å². The Morgan fingerprint density at radius 2 is 0.481 bits per heavy atom. The van der Waals surface area contributed by atoms with Crippen LogP contribution in [0.1, 0.15) is 0 Å². The first kappa shape index (κ1) is 30.7. The van der Waals surface area contributed by atoms with Crippen LogP contribution in [0.2, 0.25) is 0 Å². The van der Waals surface area contributed by atoms with Gasteiger partial charge in [-0.25, -0.2) is 0 Å². The number of rotatable bonds is 6. The molecule has 2 heteroatoms. The molecule has 0 aliphatic heterocycles. The third-order valence-corrected chi connectivity index (χ3v) is 12.5. The van der Waals surface area contributed by atoms with Gasteiger partial charge in [0, 0.05) is 20.2 Å². The van der Waals surface area contributed by atoms with E-state index in [0.29, 0.717) is 0 Å². The summed E-state index contributed by atoms with van der Waals surface area (Å²) >= 11 is 3.84. The second-order valence-corrected chi connectivity index (χ2v) is 15.5. The van der Waals surface area contributed by atoms with E-state index in [1.165, 1.54) is 96.3 Å². The standard InChI is InChI=1S/C50H32S2/c1-5-13-33(14-6-1)39-25-40(34-15-7-2-8-16-34)28-43(27-39)37-21-23-45-47(31-37)51-50-46-24-22-38(32-48(46)52-49(45)50)44-29-41(35-17-9-3-10-18-35)26-42(30-44)36-19-11-4-12-20-36/h1-32H. The molecule has 0 saturated heterocycles. The Kier molecular flexibility index (Phi) is 7.64. The highest BCUT2D eigenvalue weighted by Crippen LogP contribution is 2.47. The van der Waals surface area contributed by atoms with Gasteiger partial charge in [0.1, 0.15) is 0 Å². The van der Waals surface area contributed by atoms with Crippen LogP contribution >= 0.6 is 22.7 Å². The molecular formula is C50H32S2. The zero-order valence-corrected chi connectivity index (χ0v) is 29.9. The molecule has 10 rings (SSSR count). The van der Waals surface area contributed by atoms with Gasteiger partial charge in [0.2, 0.25) is 0 Å². The molecule has 0 spiro atoms. The van der Waals surface area contributed by atoms with E-state index in [9.17, 15) is 0 Å². The Bertz CT molecular complexity index is 2550. The van der Waals surface area contributed by atoms with E-state index in [2.05, 4.69) is 194 Å². The van der Waals surface area contributed by atoms with Gasteiger partial charge >= 0.3 is 0 Å². The summed E-state index contributed by atoms with van der Waals surface area (Å²) in [6.45, 7) is 0. The van der Waals surface area contributed by atoms with Crippen molar-refractivity contribution in [1.82, 2.24) is 0 Å². The molecule has 0 aliphatic rings. The lowest BCUT2D eigenvalue weighted by molar-refractivity contribution is 1.57. The second kappa shape index (κ2) is 12.9. The van der Waals surface area contributed by atoms with Crippen LogP contribution in [-0.4, -0.2) is 0 Å². The number of thiophene rings is 2. The maximum Gasteiger partial charge on any atom is 0.0542 e. The van der Waals surface area contributed by atoms with Gasteiger partial charge in [-0.2, -0.15) is 0 Å². The Morgan fingerprint density at radius 1 is 0.212 bits per heavy atom. The predicted molar refractivity (Wildman–Crippen MR) is 227 cm³/mol. The fraction of sp³-hybridized carbons (Fsp3) is 0. The molecule has 0 aliphatic carbocycles. The summed E-state index contributed by atoms with van der Waals surface area (Å²) in [5, 5.41) is 2.68. The molecule has 0 saturated carbocycles. The highest BCUT2D eigenvalue weighted by atomic mass is 32.1. The van der Waals surface area contributed by atoms with Crippen LogP contribution < -0.4 is 0 Å². The van der Waals surface area contributed by atoms with Crippen LogP contribution in [0.3, 0.4) is 0 Å². The summed E-state index contributed by atoms with van der Waals surface area (Å²) < 4.78 is 5.42. The van der Waals surface area contributed by atoms with Gasteiger partial charge in [-0.05, 0) is 115 Å². The average Bonchev–Trinajstić information content (AvgIpc) is 3.77. The first-order valence-electron chi connectivity index (χ1n) is 17.6. The molecule has 0 N–H and O–H groups in total. The first-order chi connectivity index (χ1) is 25.7. The summed E-state index contributed by atoms with van der Waals surface area (Å²) in [6.07, 6.45) is 0. The minimum absolute atomic E-state index is 1.23. The molecule has 2 aromatic heterocycles. The summed E-state index contributed by atoms with van der Waals surface area (Å²) in [6, 6.07) is 70.9. The van der Waals surface area contributed by atoms with Crippen LogP contribution in [0.15, 0.2) is 194 Å². The van der Waals surface area contributed by atoms with Crippen molar-refractivity contribution in [3.05, 3.63) is 194 Å². The molecule has 2 heterocycles. The molecule has 0 bridgehead atoms. The predicted octanol–water partition coefficient (Wildman–Crippen LogP) is 15.3. The molecule has 0 amide bonds. The van der Waals surface area contributed by atoms with Crippen LogP contribution in [0.5, 0.6) is 0 Å². The van der Waals surface area contributed by atoms with Crippen molar-refractivity contribution in [3.8, 4) is 66.8 Å². The molecule has 52 heavy (non-hydrogen) atoms. The smallest absolute Gasteiger partial charge is 0.0542 e. The van der Waals surface area contributed by atoms with Crippen molar-refractivity contribution < 1.29 is 0 Å². The van der Waals surface area contributed by atoms with Gasteiger partial charge in [-0.3, -0.25) is 0 Å². The van der Waals surface area contributed by atoms with Gasteiger partial charge in [0.15, 0.2) is 0 Å². The minimum atomic E-state index is 1.23. The van der Waals surface area contributed by atoms with E-state index in [1.807, 2.05) is 22.7 Å². The normalized spacial score (nSPS) is 11.5. The van der Waals surface area contributed by atoms with E-state index in [4.69, 9.17) is 0 Å². The molecule has 8 aromatic carbocycles. The van der Waals surface area contributed by atoms with Crippen LogP contribution in [0, 0.1) is 0 Å². The van der Waals surface area contributed by atoms with E-state index in [-0.39, 0.29) is 0 Å². The van der Waals surface area contributed by atoms with Crippen molar-refractivity contribution in [3.63, 3.8) is 0 Å². The maximum absolute atomic E-state index is 2.39. The zero-order chi connectivity index (χ0) is 34.4. The third kappa shape index (κ3) is 5.63. The van der Waals surface area contributed by atoms with Crippen molar-refractivity contribution in [2.24, 2.45) is 0 Å². The Labute approximate surface area is 311 Å².